The fourth-order valence-corrected chi connectivity index (χ4v) is 2.67. The molecule has 1 heterocycles. The zero-order chi connectivity index (χ0) is 15.6. The van der Waals surface area contributed by atoms with Gasteiger partial charge < -0.3 is 15.3 Å². The third kappa shape index (κ3) is 3.54. The summed E-state index contributed by atoms with van der Waals surface area (Å²) in [4.78, 5) is 25.1. The quantitative estimate of drug-likeness (QED) is 0.879. The topological polar surface area (TPSA) is 69.6 Å². The lowest BCUT2D eigenvalue weighted by Gasteiger charge is -2.36. The van der Waals surface area contributed by atoms with Gasteiger partial charge in [0.05, 0.1) is 5.41 Å². The Bertz CT molecular complexity index is 540. The minimum absolute atomic E-state index is 0.160. The molecule has 1 saturated heterocycles. The molecule has 0 aromatic heterocycles. The van der Waals surface area contributed by atoms with E-state index < -0.39 is 11.4 Å². The summed E-state index contributed by atoms with van der Waals surface area (Å²) >= 11 is 0. The van der Waals surface area contributed by atoms with Crippen LogP contribution in [-0.2, 0) is 4.79 Å². The second kappa shape index (κ2) is 5.76. The summed E-state index contributed by atoms with van der Waals surface area (Å²) in [5.74, 6) is -0.781. The maximum Gasteiger partial charge on any atom is 0.321 e. The average Bonchev–Trinajstić information content (AvgIpc) is 2.37. The van der Waals surface area contributed by atoms with E-state index in [0.29, 0.717) is 25.9 Å². The Balaban J connectivity index is 1.98. The van der Waals surface area contributed by atoms with Crippen LogP contribution in [0.5, 0.6) is 0 Å². The second-order valence-electron chi connectivity index (χ2n) is 6.16. The van der Waals surface area contributed by atoms with Crippen molar-refractivity contribution < 1.29 is 14.7 Å². The number of urea groups is 1. The SMILES string of the molecule is Cc1cc(C)cc(NC(=O)N2CCC(C)(C(=O)O)CC2)c1. The minimum Gasteiger partial charge on any atom is -0.481 e. The van der Waals surface area contributed by atoms with Crippen molar-refractivity contribution in [3.8, 4) is 0 Å². The number of aliphatic carboxylic acids is 1. The van der Waals surface area contributed by atoms with Crippen molar-refractivity contribution >= 4 is 17.7 Å². The van der Waals surface area contributed by atoms with Crippen molar-refractivity contribution in [1.29, 1.82) is 0 Å². The molecule has 2 N–H and O–H groups in total. The van der Waals surface area contributed by atoms with Crippen LogP contribution in [0.3, 0.4) is 0 Å². The lowest BCUT2D eigenvalue weighted by atomic mass is 9.80. The maximum atomic E-state index is 12.2. The normalized spacial score (nSPS) is 17.4. The molecule has 1 fully saturated rings. The van der Waals surface area contributed by atoms with E-state index in [0.717, 1.165) is 16.8 Å². The Morgan fingerprint density at radius 3 is 2.14 bits per heavy atom. The molecule has 1 aromatic carbocycles. The van der Waals surface area contributed by atoms with Gasteiger partial charge in [0, 0.05) is 18.8 Å². The smallest absolute Gasteiger partial charge is 0.321 e. The number of amides is 2. The predicted octanol–water partition coefficient (Wildman–Crippen LogP) is 3.02. The number of piperidine rings is 1. The largest absolute Gasteiger partial charge is 0.481 e. The van der Waals surface area contributed by atoms with Gasteiger partial charge in [-0.25, -0.2) is 4.79 Å². The van der Waals surface area contributed by atoms with Crippen molar-refractivity contribution in [2.45, 2.75) is 33.6 Å². The van der Waals surface area contributed by atoms with Crippen LogP contribution in [0.25, 0.3) is 0 Å². The summed E-state index contributed by atoms with van der Waals surface area (Å²) in [7, 11) is 0. The first-order valence-corrected chi connectivity index (χ1v) is 7.18. The number of nitrogens with zero attached hydrogens (tertiary/aromatic N) is 1. The molecule has 114 valence electrons. The van der Waals surface area contributed by atoms with Gasteiger partial charge in [-0.15, -0.1) is 0 Å². The Morgan fingerprint density at radius 2 is 1.67 bits per heavy atom. The summed E-state index contributed by atoms with van der Waals surface area (Å²) in [5, 5.41) is 12.1. The van der Waals surface area contributed by atoms with Crippen LogP contribution < -0.4 is 5.32 Å². The molecule has 0 spiro atoms. The summed E-state index contributed by atoms with van der Waals surface area (Å²) in [6.07, 6.45) is 0.977. The number of hydrogen-bond donors (Lipinski definition) is 2. The van der Waals surface area contributed by atoms with Crippen molar-refractivity contribution in [2.75, 3.05) is 18.4 Å². The highest BCUT2D eigenvalue weighted by molar-refractivity contribution is 5.89. The van der Waals surface area contributed by atoms with Crippen molar-refractivity contribution in [1.82, 2.24) is 4.90 Å². The highest BCUT2D eigenvalue weighted by atomic mass is 16.4. The number of carboxylic acid groups (broad SMARTS) is 1. The zero-order valence-electron chi connectivity index (χ0n) is 12.8. The van der Waals surface area contributed by atoms with Crippen molar-refractivity contribution in [3.05, 3.63) is 29.3 Å². The zero-order valence-corrected chi connectivity index (χ0v) is 12.8. The number of carbonyl (C=O) groups is 2. The van der Waals surface area contributed by atoms with Gasteiger partial charge in [-0.3, -0.25) is 4.79 Å². The van der Waals surface area contributed by atoms with Crippen LogP contribution in [0, 0.1) is 19.3 Å². The van der Waals surface area contributed by atoms with E-state index in [9.17, 15) is 14.7 Å². The summed E-state index contributed by atoms with van der Waals surface area (Å²) in [6.45, 7) is 6.66. The molecule has 0 atom stereocenters. The number of benzene rings is 1. The Hall–Kier alpha value is -2.04. The van der Waals surface area contributed by atoms with E-state index in [-0.39, 0.29) is 6.03 Å². The molecular weight excluding hydrogens is 268 g/mol. The van der Waals surface area contributed by atoms with E-state index in [1.165, 1.54) is 0 Å². The first kappa shape index (κ1) is 15.4. The van der Waals surface area contributed by atoms with Crippen molar-refractivity contribution in [3.63, 3.8) is 0 Å². The van der Waals surface area contributed by atoms with Crippen LogP contribution in [0.4, 0.5) is 10.5 Å². The fraction of sp³-hybridized carbons (Fsp3) is 0.500. The third-order valence-corrected chi connectivity index (χ3v) is 4.14. The molecule has 0 saturated carbocycles. The Morgan fingerprint density at radius 1 is 1.14 bits per heavy atom. The molecule has 2 amide bonds. The number of anilines is 1. The van der Waals surface area contributed by atoms with Crippen molar-refractivity contribution in [2.24, 2.45) is 5.41 Å². The van der Waals surface area contributed by atoms with E-state index in [1.807, 2.05) is 26.0 Å². The predicted molar refractivity (Wildman–Crippen MR) is 81.5 cm³/mol. The number of hydrogen-bond acceptors (Lipinski definition) is 2. The van der Waals surface area contributed by atoms with Gasteiger partial charge in [-0.2, -0.15) is 0 Å². The number of carbonyl (C=O) groups excluding carboxylic acids is 1. The van der Waals surface area contributed by atoms with Crippen LogP contribution >= 0.6 is 0 Å². The molecule has 5 nitrogen and oxygen atoms in total. The molecular formula is C16H22N2O3. The lowest BCUT2D eigenvalue weighted by molar-refractivity contribution is -0.150. The van der Waals surface area contributed by atoms with E-state index in [1.54, 1.807) is 11.8 Å². The molecule has 0 unspecified atom stereocenters. The minimum atomic E-state index is -0.781. The molecule has 0 radical (unpaired) electrons. The van der Waals surface area contributed by atoms with Crippen LogP contribution in [0.1, 0.15) is 30.9 Å². The van der Waals surface area contributed by atoms with Crippen LogP contribution in [-0.4, -0.2) is 35.1 Å². The molecule has 2 rings (SSSR count). The highest BCUT2D eigenvalue weighted by Gasteiger charge is 2.38. The van der Waals surface area contributed by atoms with E-state index in [2.05, 4.69) is 11.4 Å². The monoisotopic (exact) mass is 290 g/mol. The first-order chi connectivity index (χ1) is 9.80. The number of rotatable bonds is 2. The molecule has 1 aliphatic rings. The van der Waals surface area contributed by atoms with Gasteiger partial charge in [0.15, 0.2) is 0 Å². The van der Waals surface area contributed by atoms with Gasteiger partial charge >= 0.3 is 12.0 Å². The van der Waals surface area contributed by atoms with Gasteiger partial charge in [-0.05, 0) is 56.9 Å². The number of carboxylic acids is 1. The summed E-state index contributed by atoms with van der Waals surface area (Å²) in [5.41, 5.74) is 2.27. The fourth-order valence-electron chi connectivity index (χ4n) is 2.67. The standard InChI is InChI=1S/C16H22N2O3/c1-11-8-12(2)10-13(9-11)17-15(21)18-6-4-16(3,5-7-18)14(19)20/h8-10H,4-7H2,1-3H3,(H,17,21)(H,19,20). The molecule has 1 aromatic rings. The summed E-state index contributed by atoms with van der Waals surface area (Å²) < 4.78 is 0. The number of aryl methyl sites for hydroxylation is 2. The first-order valence-electron chi connectivity index (χ1n) is 7.18. The lowest BCUT2D eigenvalue weighted by Crippen LogP contribution is -2.46. The Labute approximate surface area is 125 Å². The van der Waals surface area contributed by atoms with Gasteiger partial charge in [-0.1, -0.05) is 6.07 Å². The van der Waals surface area contributed by atoms with Gasteiger partial charge in [0.25, 0.3) is 0 Å². The van der Waals surface area contributed by atoms with E-state index >= 15 is 0 Å². The molecule has 0 bridgehead atoms. The average molecular weight is 290 g/mol. The molecule has 0 aliphatic carbocycles. The highest BCUT2D eigenvalue weighted by Crippen LogP contribution is 2.31. The second-order valence-corrected chi connectivity index (χ2v) is 6.16. The molecule has 1 aliphatic heterocycles. The summed E-state index contributed by atoms with van der Waals surface area (Å²) in [6, 6.07) is 5.74. The van der Waals surface area contributed by atoms with E-state index in [4.69, 9.17) is 0 Å². The number of likely N-dealkylation sites (tertiary alicyclic amines) is 1. The van der Waals surface area contributed by atoms with Gasteiger partial charge in [0.2, 0.25) is 0 Å². The molecule has 21 heavy (non-hydrogen) atoms. The van der Waals surface area contributed by atoms with Crippen LogP contribution in [0.15, 0.2) is 18.2 Å². The van der Waals surface area contributed by atoms with Crippen LogP contribution in [0.2, 0.25) is 0 Å². The maximum absolute atomic E-state index is 12.2. The third-order valence-electron chi connectivity index (χ3n) is 4.14. The number of nitrogens with one attached hydrogen (secondary N) is 1. The molecule has 5 heteroatoms. The van der Waals surface area contributed by atoms with Gasteiger partial charge in [0.1, 0.15) is 0 Å². The Kier molecular flexibility index (Phi) is 4.21.